The number of aromatic amines is 1. The van der Waals surface area contributed by atoms with E-state index in [9.17, 15) is 4.79 Å². The zero-order valence-electron chi connectivity index (χ0n) is 9.91. The van der Waals surface area contributed by atoms with Crippen LogP contribution in [0.3, 0.4) is 0 Å². The molecule has 2 heterocycles. The lowest BCUT2D eigenvalue weighted by atomic mass is 10.3. The fourth-order valence-corrected chi connectivity index (χ4v) is 2.45. The van der Waals surface area contributed by atoms with E-state index in [1.54, 1.807) is 12.5 Å². The molecule has 2 rings (SSSR count). The number of nitrogens with one attached hydrogen (secondary N) is 2. The minimum atomic E-state index is 0.00529. The number of amides is 1. The van der Waals surface area contributed by atoms with Crippen molar-refractivity contribution in [1.82, 2.24) is 15.3 Å². The summed E-state index contributed by atoms with van der Waals surface area (Å²) >= 11 is 1.54. The summed E-state index contributed by atoms with van der Waals surface area (Å²) < 4.78 is 0. The summed E-state index contributed by atoms with van der Waals surface area (Å²) in [6.07, 6.45) is 4.18. The highest BCUT2D eigenvalue weighted by Gasteiger charge is 2.09. The van der Waals surface area contributed by atoms with Crippen LogP contribution in [0, 0.1) is 13.8 Å². The van der Waals surface area contributed by atoms with Crippen molar-refractivity contribution in [1.29, 1.82) is 0 Å². The van der Waals surface area contributed by atoms with Crippen molar-refractivity contribution in [2.45, 2.75) is 20.3 Å². The molecule has 0 saturated heterocycles. The van der Waals surface area contributed by atoms with E-state index in [1.807, 2.05) is 19.9 Å². The van der Waals surface area contributed by atoms with Gasteiger partial charge >= 0.3 is 0 Å². The third-order valence-corrected chi connectivity index (χ3v) is 3.78. The monoisotopic (exact) mass is 249 g/mol. The molecule has 2 aromatic heterocycles. The Morgan fingerprint density at radius 1 is 1.53 bits per heavy atom. The van der Waals surface area contributed by atoms with Crippen molar-refractivity contribution in [3.63, 3.8) is 0 Å². The first kappa shape index (κ1) is 11.9. The standard InChI is InChI=1S/C12H15N3OS/c1-8-5-11(17-9(8)2)12(16)14-4-3-10-6-13-7-15-10/h5-7H,3-4H2,1-2H3,(H,13,15)(H,14,16). The van der Waals surface area contributed by atoms with E-state index >= 15 is 0 Å². The molecule has 0 spiro atoms. The molecule has 1 amide bonds. The van der Waals surface area contributed by atoms with E-state index in [0.29, 0.717) is 6.54 Å². The number of thiophene rings is 1. The average Bonchev–Trinajstić information content (AvgIpc) is 2.90. The molecule has 17 heavy (non-hydrogen) atoms. The van der Waals surface area contributed by atoms with Gasteiger partial charge in [-0.2, -0.15) is 0 Å². The minimum absolute atomic E-state index is 0.00529. The van der Waals surface area contributed by atoms with Gasteiger partial charge in [0, 0.05) is 29.7 Å². The number of hydrogen-bond acceptors (Lipinski definition) is 3. The lowest BCUT2D eigenvalue weighted by Crippen LogP contribution is -2.24. The summed E-state index contributed by atoms with van der Waals surface area (Å²) in [4.78, 5) is 20.7. The molecule has 0 aliphatic heterocycles. The fraction of sp³-hybridized carbons (Fsp3) is 0.333. The van der Waals surface area contributed by atoms with E-state index in [2.05, 4.69) is 15.3 Å². The Morgan fingerprint density at radius 2 is 2.35 bits per heavy atom. The molecule has 0 fully saturated rings. The quantitative estimate of drug-likeness (QED) is 0.871. The average molecular weight is 249 g/mol. The van der Waals surface area contributed by atoms with Crippen LogP contribution in [0.2, 0.25) is 0 Å². The first-order chi connectivity index (χ1) is 8.16. The van der Waals surface area contributed by atoms with Gasteiger partial charge in [-0.15, -0.1) is 11.3 Å². The second kappa shape index (κ2) is 5.14. The van der Waals surface area contributed by atoms with Gasteiger partial charge in [-0.3, -0.25) is 4.79 Å². The number of aromatic nitrogens is 2. The highest BCUT2D eigenvalue weighted by Crippen LogP contribution is 2.20. The molecule has 0 saturated carbocycles. The van der Waals surface area contributed by atoms with E-state index < -0.39 is 0 Å². The van der Waals surface area contributed by atoms with Gasteiger partial charge in [0.05, 0.1) is 11.2 Å². The van der Waals surface area contributed by atoms with Crippen molar-refractivity contribution in [2.24, 2.45) is 0 Å². The number of hydrogen-bond donors (Lipinski definition) is 2. The second-order valence-electron chi connectivity index (χ2n) is 3.93. The van der Waals surface area contributed by atoms with Crippen molar-refractivity contribution in [2.75, 3.05) is 6.54 Å². The summed E-state index contributed by atoms with van der Waals surface area (Å²) in [7, 11) is 0. The van der Waals surface area contributed by atoms with Crippen LogP contribution < -0.4 is 5.32 Å². The first-order valence-corrected chi connectivity index (χ1v) is 6.31. The van der Waals surface area contributed by atoms with Crippen LogP contribution in [0.25, 0.3) is 0 Å². The van der Waals surface area contributed by atoms with E-state index in [1.165, 1.54) is 21.8 Å². The summed E-state index contributed by atoms with van der Waals surface area (Å²) in [5, 5.41) is 2.90. The number of carbonyl (C=O) groups excluding carboxylic acids is 1. The van der Waals surface area contributed by atoms with E-state index in [-0.39, 0.29) is 5.91 Å². The number of rotatable bonds is 4. The van der Waals surface area contributed by atoms with Gasteiger partial charge < -0.3 is 10.3 Å². The topological polar surface area (TPSA) is 57.8 Å². The maximum absolute atomic E-state index is 11.8. The third kappa shape index (κ3) is 2.94. The maximum Gasteiger partial charge on any atom is 0.261 e. The zero-order valence-corrected chi connectivity index (χ0v) is 10.7. The molecule has 0 unspecified atom stereocenters. The SMILES string of the molecule is Cc1cc(C(=O)NCCc2cnc[nH]2)sc1C. The van der Waals surface area contributed by atoms with Crippen LogP contribution in [0.1, 0.15) is 25.8 Å². The summed E-state index contributed by atoms with van der Waals surface area (Å²) in [5.74, 6) is 0.00529. The molecule has 0 radical (unpaired) electrons. The largest absolute Gasteiger partial charge is 0.351 e. The van der Waals surface area contributed by atoms with Gasteiger partial charge in [0.25, 0.3) is 5.91 Å². The Hall–Kier alpha value is -1.62. The predicted molar refractivity (Wildman–Crippen MR) is 68.4 cm³/mol. The van der Waals surface area contributed by atoms with Gasteiger partial charge in [0.1, 0.15) is 0 Å². The van der Waals surface area contributed by atoms with Crippen LogP contribution in [0.5, 0.6) is 0 Å². The van der Waals surface area contributed by atoms with Gasteiger partial charge in [0.15, 0.2) is 0 Å². The second-order valence-corrected chi connectivity index (χ2v) is 5.19. The van der Waals surface area contributed by atoms with Crippen LogP contribution >= 0.6 is 11.3 Å². The lowest BCUT2D eigenvalue weighted by molar-refractivity contribution is 0.0958. The Morgan fingerprint density at radius 3 is 2.94 bits per heavy atom. The molecule has 0 aliphatic rings. The van der Waals surface area contributed by atoms with Crippen molar-refractivity contribution < 1.29 is 4.79 Å². The van der Waals surface area contributed by atoms with E-state index in [0.717, 1.165) is 17.0 Å². The van der Waals surface area contributed by atoms with Crippen molar-refractivity contribution in [3.8, 4) is 0 Å². The molecule has 0 aliphatic carbocycles. The van der Waals surface area contributed by atoms with Gasteiger partial charge in [-0.25, -0.2) is 4.98 Å². The number of aryl methyl sites for hydroxylation is 2. The third-order valence-electron chi connectivity index (χ3n) is 2.62. The molecule has 0 aromatic carbocycles. The highest BCUT2D eigenvalue weighted by molar-refractivity contribution is 7.14. The molecular weight excluding hydrogens is 234 g/mol. The molecule has 0 bridgehead atoms. The first-order valence-electron chi connectivity index (χ1n) is 5.49. The molecule has 2 N–H and O–H groups in total. The highest BCUT2D eigenvalue weighted by atomic mass is 32.1. The Bertz CT molecular complexity index is 482. The molecule has 2 aromatic rings. The number of imidazole rings is 1. The Kier molecular flexibility index (Phi) is 3.58. The predicted octanol–water partition coefficient (Wildman–Crippen LogP) is 2.06. The molecular formula is C12H15N3OS. The number of carbonyl (C=O) groups is 1. The van der Waals surface area contributed by atoms with Crippen molar-refractivity contribution >= 4 is 17.2 Å². The van der Waals surface area contributed by atoms with Crippen LogP contribution in [-0.2, 0) is 6.42 Å². The summed E-state index contributed by atoms with van der Waals surface area (Å²) in [6.45, 7) is 4.67. The van der Waals surface area contributed by atoms with E-state index in [4.69, 9.17) is 0 Å². The lowest BCUT2D eigenvalue weighted by Gasteiger charge is -2.01. The van der Waals surface area contributed by atoms with Crippen LogP contribution in [0.15, 0.2) is 18.6 Å². The van der Waals surface area contributed by atoms with Crippen LogP contribution in [-0.4, -0.2) is 22.4 Å². The number of nitrogens with zero attached hydrogens (tertiary/aromatic N) is 1. The summed E-state index contributed by atoms with van der Waals surface area (Å²) in [6, 6.07) is 1.94. The molecule has 5 heteroatoms. The fourth-order valence-electron chi connectivity index (χ4n) is 1.50. The number of H-pyrrole nitrogens is 1. The summed E-state index contributed by atoms with van der Waals surface area (Å²) in [5.41, 5.74) is 2.21. The normalized spacial score (nSPS) is 10.5. The maximum atomic E-state index is 11.8. The molecule has 0 atom stereocenters. The van der Waals surface area contributed by atoms with Crippen LogP contribution in [0.4, 0.5) is 0 Å². The molecule has 90 valence electrons. The Balaban J connectivity index is 1.85. The Labute approximate surface area is 104 Å². The van der Waals surface area contributed by atoms with Gasteiger partial charge in [0.2, 0.25) is 0 Å². The van der Waals surface area contributed by atoms with Gasteiger partial charge in [-0.05, 0) is 25.5 Å². The molecule has 4 nitrogen and oxygen atoms in total. The van der Waals surface area contributed by atoms with Crippen molar-refractivity contribution in [3.05, 3.63) is 39.6 Å². The minimum Gasteiger partial charge on any atom is -0.351 e. The smallest absolute Gasteiger partial charge is 0.261 e. The zero-order chi connectivity index (χ0) is 12.3. The van der Waals surface area contributed by atoms with Gasteiger partial charge in [-0.1, -0.05) is 0 Å².